The smallest absolute Gasteiger partial charge is 0.307 e. The van der Waals surface area contributed by atoms with Gasteiger partial charge in [-0.3, -0.25) is 9.59 Å². The molecule has 132 valence electrons. The predicted molar refractivity (Wildman–Crippen MR) is 103 cm³/mol. The van der Waals surface area contributed by atoms with Gasteiger partial charge in [0.25, 0.3) is 0 Å². The largest absolute Gasteiger partial charge is 0.481 e. The first-order chi connectivity index (χ1) is 12.0. The first-order valence-corrected chi connectivity index (χ1v) is 9.27. The fourth-order valence-electron chi connectivity index (χ4n) is 2.43. The lowest BCUT2D eigenvalue weighted by Crippen LogP contribution is -2.29. The molecular formula is C20H23NO3S. The van der Waals surface area contributed by atoms with Crippen LogP contribution in [-0.2, 0) is 21.8 Å². The zero-order valence-corrected chi connectivity index (χ0v) is 15.3. The van der Waals surface area contributed by atoms with Gasteiger partial charge >= 0.3 is 5.97 Å². The van der Waals surface area contributed by atoms with Crippen molar-refractivity contribution < 1.29 is 14.7 Å². The molecule has 2 rings (SSSR count). The summed E-state index contributed by atoms with van der Waals surface area (Å²) in [6.07, 6.45) is -0.0181. The number of rotatable bonds is 8. The number of carboxylic acids is 1. The highest BCUT2D eigenvalue weighted by Gasteiger charge is 2.22. The minimum atomic E-state index is -0.867. The molecular weight excluding hydrogens is 334 g/mol. The molecule has 1 unspecified atom stereocenters. The van der Waals surface area contributed by atoms with Crippen LogP contribution in [0, 0.1) is 5.92 Å². The summed E-state index contributed by atoms with van der Waals surface area (Å²) >= 11 is 1.63. The zero-order chi connectivity index (χ0) is 18.2. The molecule has 4 nitrogen and oxygen atoms in total. The summed E-state index contributed by atoms with van der Waals surface area (Å²) in [7, 11) is 0. The van der Waals surface area contributed by atoms with Gasteiger partial charge in [0.1, 0.15) is 0 Å². The standard InChI is InChI=1S/C20H23NO3S/c1-14(2)19(25-13-16-6-4-3-5-7-16)20(24)21-17-10-8-15(9-11-17)12-18(22)23/h3-11,14,19H,12-13H2,1-2H3,(H,21,24)(H,22,23). The van der Waals surface area contributed by atoms with Crippen molar-refractivity contribution in [2.75, 3.05) is 5.32 Å². The van der Waals surface area contributed by atoms with E-state index in [0.29, 0.717) is 11.3 Å². The van der Waals surface area contributed by atoms with Crippen LogP contribution in [-0.4, -0.2) is 22.2 Å². The Balaban J connectivity index is 1.96. The third-order valence-corrected chi connectivity index (χ3v) is 5.33. The summed E-state index contributed by atoms with van der Waals surface area (Å²) < 4.78 is 0. The molecule has 2 aromatic rings. The highest BCUT2D eigenvalue weighted by molar-refractivity contribution is 7.99. The number of nitrogens with one attached hydrogen (secondary N) is 1. The van der Waals surface area contributed by atoms with E-state index in [2.05, 4.69) is 17.4 Å². The van der Waals surface area contributed by atoms with Crippen LogP contribution in [0.4, 0.5) is 5.69 Å². The summed E-state index contributed by atoms with van der Waals surface area (Å²) in [5, 5.41) is 11.6. The highest BCUT2D eigenvalue weighted by atomic mass is 32.2. The average Bonchev–Trinajstić information content (AvgIpc) is 2.57. The number of thioether (sulfide) groups is 1. The first-order valence-electron chi connectivity index (χ1n) is 8.23. The lowest BCUT2D eigenvalue weighted by Gasteiger charge is -2.20. The fourth-order valence-corrected chi connectivity index (χ4v) is 3.58. The Kier molecular flexibility index (Phi) is 7.07. The van der Waals surface area contributed by atoms with Crippen LogP contribution in [0.3, 0.4) is 0 Å². The van der Waals surface area contributed by atoms with Gasteiger partial charge in [0.05, 0.1) is 11.7 Å². The molecule has 0 fully saturated rings. The first kappa shape index (κ1) is 19.1. The van der Waals surface area contributed by atoms with Gasteiger partial charge in [-0.1, -0.05) is 56.3 Å². The van der Waals surface area contributed by atoms with Crippen molar-refractivity contribution in [1.29, 1.82) is 0 Å². The van der Waals surface area contributed by atoms with Gasteiger partial charge < -0.3 is 10.4 Å². The van der Waals surface area contributed by atoms with Crippen molar-refractivity contribution in [1.82, 2.24) is 0 Å². The molecule has 0 saturated carbocycles. The molecule has 0 aliphatic heterocycles. The van der Waals surface area contributed by atoms with Crippen molar-refractivity contribution in [3.63, 3.8) is 0 Å². The second kappa shape index (κ2) is 9.28. The number of aliphatic carboxylic acids is 1. The zero-order valence-electron chi connectivity index (χ0n) is 14.4. The van der Waals surface area contributed by atoms with Gasteiger partial charge in [-0.25, -0.2) is 0 Å². The maximum Gasteiger partial charge on any atom is 0.307 e. The van der Waals surface area contributed by atoms with Crippen LogP contribution < -0.4 is 5.32 Å². The van der Waals surface area contributed by atoms with Crippen molar-refractivity contribution in [2.24, 2.45) is 5.92 Å². The lowest BCUT2D eigenvalue weighted by atomic mass is 10.1. The molecule has 0 bridgehead atoms. The summed E-state index contributed by atoms with van der Waals surface area (Å²) in [6.45, 7) is 4.08. The van der Waals surface area contributed by atoms with Crippen LogP contribution in [0.1, 0.15) is 25.0 Å². The normalized spacial score (nSPS) is 12.0. The second-order valence-electron chi connectivity index (χ2n) is 6.22. The van der Waals surface area contributed by atoms with Crippen LogP contribution in [0.5, 0.6) is 0 Å². The van der Waals surface area contributed by atoms with Gasteiger partial charge in [-0.15, -0.1) is 11.8 Å². The SMILES string of the molecule is CC(C)C(SCc1ccccc1)C(=O)Nc1ccc(CC(=O)O)cc1. The average molecular weight is 357 g/mol. The molecule has 0 aliphatic rings. The van der Waals surface area contributed by atoms with Crippen LogP contribution in [0.2, 0.25) is 0 Å². The fraction of sp³-hybridized carbons (Fsp3) is 0.300. The number of hydrogen-bond donors (Lipinski definition) is 2. The Morgan fingerprint density at radius 1 is 1.00 bits per heavy atom. The molecule has 25 heavy (non-hydrogen) atoms. The van der Waals surface area contributed by atoms with Crippen molar-refractivity contribution in [3.8, 4) is 0 Å². The molecule has 1 amide bonds. The maximum absolute atomic E-state index is 12.6. The summed E-state index contributed by atoms with van der Waals surface area (Å²) in [5.74, 6) is 0.102. The Bertz CT molecular complexity index is 699. The number of hydrogen-bond acceptors (Lipinski definition) is 3. The minimum absolute atomic E-state index is 0.0181. The number of carbonyl (C=O) groups excluding carboxylic acids is 1. The number of anilines is 1. The van der Waals surface area contributed by atoms with Gasteiger partial charge in [-0.2, -0.15) is 0 Å². The summed E-state index contributed by atoms with van der Waals surface area (Å²) in [5.41, 5.74) is 2.60. The number of benzene rings is 2. The van der Waals surface area contributed by atoms with Crippen molar-refractivity contribution >= 4 is 29.3 Å². The van der Waals surface area contributed by atoms with Gasteiger partial charge in [0.15, 0.2) is 0 Å². The topological polar surface area (TPSA) is 66.4 Å². The van der Waals surface area contributed by atoms with E-state index >= 15 is 0 Å². The quantitative estimate of drug-likeness (QED) is 0.743. The molecule has 0 aromatic heterocycles. The van der Waals surface area contributed by atoms with Crippen molar-refractivity contribution in [2.45, 2.75) is 31.3 Å². The van der Waals surface area contributed by atoms with E-state index in [1.54, 1.807) is 36.0 Å². The Hall–Kier alpha value is -2.27. The number of carboxylic acid groups (broad SMARTS) is 1. The Labute approximate surface area is 152 Å². The van der Waals surface area contributed by atoms with E-state index in [1.165, 1.54) is 5.56 Å². The minimum Gasteiger partial charge on any atom is -0.481 e. The lowest BCUT2D eigenvalue weighted by molar-refractivity contribution is -0.136. The summed E-state index contributed by atoms with van der Waals surface area (Å²) in [6, 6.07) is 17.0. The Morgan fingerprint density at radius 3 is 2.20 bits per heavy atom. The second-order valence-corrected chi connectivity index (χ2v) is 7.35. The molecule has 5 heteroatoms. The molecule has 2 aromatic carbocycles. The van der Waals surface area contributed by atoms with Crippen molar-refractivity contribution in [3.05, 3.63) is 65.7 Å². The van der Waals surface area contributed by atoms with Gasteiger partial charge in [0, 0.05) is 11.4 Å². The van der Waals surface area contributed by atoms with Crippen LogP contribution >= 0.6 is 11.8 Å². The van der Waals surface area contributed by atoms with Crippen LogP contribution in [0.15, 0.2) is 54.6 Å². The van der Waals surface area contributed by atoms with E-state index in [4.69, 9.17) is 5.11 Å². The predicted octanol–water partition coefficient (Wildman–Crippen LogP) is 4.21. The maximum atomic E-state index is 12.6. The molecule has 0 heterocycles. The van der Waals surface area contributed by atoms with E-state index in [-0.39, 0.29) is 23.5 Å². The molecule has 0 radical (unpaired) electrons. The van der Waals surface area contributed by atoms with E-state index < -0.39 is 5.97 Å². The molecule has 0 saturated heterocycles. The number of amides is 1. The summed E-state index contributed by atoms with van der Waals surface area (Å²) in [4.78, 5) is 23.3. The molecule has 1 atom stereocenters. The van der Waals surface area contributed by atoms with E-state index in [1.807, 2.05) is 32.0 Å². The molecule has 0 aliphatic carbocycles. The molecule has 2 N–H and O–H groups in total. The third kappa shape index (κ3) is 6.27. The van der Waals surface area contributed by atoms with E-state index in [0.717, 1.165) is 5.75 Å². The third-order valence-electron chi connectivity index (χ3n) is 3.71. The Morgan fingerprint density at radius 2 is 1.64 bits per heavy atom. The monoisotopic (exact) mass is 357 g/mol. The van der Waals surface area contributed by atoms with Gasteiger partial charge in [-0.05, 0) is 29.2 Å². The van der Waals surface area contributed by atoms with E-state index in [9.17, 15) is 9.59 Å². The molecule has 0 spiro atoms. The highest BCUT2D eigenvalue weighted by Crippen LogP contribution is 2.25. The number of carbonyl (C=O) groups is 2. The van der Waals surface area contributed by atoms with Crippen LogP contribution in [0.25, 0.3) is 0 Å². The van der Waals surface area contributed by atoms with Gasteiger partial charge in [0.2, 0.25) is 5.91 Å².